The Labute approximate surface area is 108 Å². The molecule has 0 aliphatic rings. The van der Waals surface area contributed by atoms with E-state index in [-0.39, 0.29) is 5.56 Å². The summed E-state index contributed by atoms with van der Waals surface area (Å²) in [6.07, 6.45) is 1.51. The average Bonchev–Trinajstić information content (AvgIpc) is 2.82. The lowest BCUT2D eigenvalue weighted by Crippen LogP contribution is -2.13. The fourth-order valence-electron chi connectivity index (χ4n) is 2.16. The van der Waals surface area contributed by atoms with Gasteiger partial charge in [-0.2, -0.15) is 0 Å². The second kappa shape index (κ2) is 4.48. The highest BCUT2D eigenvalue weighted by atomic mass is 19.1. The molecule has 1 unspecified atom stereocenters. The third-order valence-electron chi connectivity index (χ3n) is 3.14. The van der Waals surface area contributed by atoms with Gasteiger partial charge in [-0.05, 0) is 12.1 Å². The lowest BCUT2D eigenvalue weighted by molar-refractivity contribution is 0.563. The van der Waals surface area contributed by atoms with Crippen molar-refractivity contribution < 1.29 is 13.2 Å². The van der Waals surface area contributed by atoms with E-state index in [2.05, 4.69) is 0 Å². The third-order valence-corrected chi connectivity index (χ3v) is 3.14. The largest absolute Gasteiger partial charge is 0.464 e. The van der Waals surface area contributed by atoms with Crippen LogP contribution < -0.4 is 5.73 Å². The van der Waals surface area contributed by atoms with Crippen LogP contribution in [-0.4, -0.2) is 0 Å². The van der Waals surface area contributed by atoms with Gasteiger partial charge in [0.25, 0.3) is 0 Å². The van der Waals surface area contributed by atoms with Crippen LogP contribution in [0.2, 0.25) is 0 Å². The summed E-state index contributed by atoms with van der Waals surface area (Å²) in [4.78, 5) is 0. The summed E-state index contributed by atoms with van der Waals surface area (Å²) in [5.41, 5.74) is 7.67. The molecule has 0 spiro atoms. The highest BCUT2D eigenvalue weighted by Gasteiger charge is 2.18. The van der Waals surface area contributed by atoms with Gasteiger partial charge < -0.3 is 10.2 Å². The van der Waals surface area contributed by atoms with Crippen molar-refractivity contribution in [3.8, 4) is 0 Å². The van der Waals surface area contributed by atoms with Crippen LogP contribution in [0.25, 0.3) is 11.0 Å². The number of furan rings is 1. The Balaban J connectivity index is 2.10. The van der Waals surface area contributed by atoms with Crippen molar-refractivity contribution in [1.29, 1.82) is 0 Å². The first-order valence-electron chi connectivity index (χ1n) is 5.83. The molecule has 0 fully saturated rings. The van der Waals surface area contributed by atoms with E-state index in [9.17, 15) is 8.78 Å². The number of rotatable bonds is 2. The molecule has 19 heavy (non-hydrogen) atoms. The molecule has 3 rings (SSSR count). The lowest BCUT2D eigenvalue weighted by atomic mass is 9.98. The molecule has 2 aromatic carbocycles. The minimum absolute atomic E-state index is 0.243. The van der Waals surface area contributed by atoms with Crippen molar-refractivity contribution in [2.45, 2.75) is 6.04 Å². The monoisotopic (exact) mass is 259 g/mol. The number of hydrogen-bond acceptors (Lipinski definition) is 2. The van der Waals surface area contributed by atoms with Crippen LogP contribution in [0.3, 0.4) is 0 Å². The molecule has 4 heteroatoms. The Morgan fingerprint density at radius 3 is 2.58 bits per heavy atom. The topological polar surface area (TPSA) is 39.2 Å². The summed E-state index contributed by atoms with van der Waals surface area (Å²) in [6, 6.07) is 10.1. The first kappa shape index (κ1) is 11.9. The molecular formula is C15H11F2NO. The number of nitrogens with two attached hydrogens (primary N) is 1. The first-order valence-corrected chi connectivity index (χ1v) is 5.83. The van der Waals surface area contributed by atoms with E-state index >= 15 is 0 Å². The third kappa shape index (κ3) is 2.00. The summed E-state index contributed by atoms with van der Waals surface area (Å²) >= 11 is 0. The molecule has 0 bridgehead atoms. The molecule has 0 saturated heterocycles. The fraction of sp³-hybridized carbons (Fsp3) is 0.0667. The zero-order chi connectivity index (χ0) is 13.4. The second-order valence-corrected chi connectivity index (χ2v) is 4.33. The minimum Gasteiger partial charge on any atom is -0.464 e. The molecule has 2 N–H and O–H groups in total. The standard InChI is InChI=1S/C15H11F2NO/c16-9-5-6-11(13(17)7-9)15(18)12-8-19-14-4-2-1-3-10(12)14/h1-8,15H,18H2. The van der Waals surface area contributed by atoms with Crippen LogP contribution in [0.1, 0.15) is 17.2 Å². The van der Waals surface area contributed by atoms with E-state index in [1.807, 2.05) is 24.3 Å². The molecule has 96 valence electrons. The smallest absolute Gasteiger partial charge is 0.134 e. The van der Waals surface area contributed by atoms with Gasteiger partial charge in [-0.3, -0.25) is 0 Å². The normalized spacial score (nSPS) is 12.8. The van der Waals surface area contributed by atoms with Gasteiger partial charge in [-0.25, -0.2) is 8.78 Å². The van der Waals surface area contributed by atoms with Crippen LogP contribution in [-0.2, 0) is 0 Å². The summed E-state index contributed by atoms with van der Waals surface area (Å²) in [5, 5.41) is 0.832. The molecule has 0 aliphatic heterocycles. The van der Waals surface area contributed by atoms with Crippen LogP contribution in [0.15, 0.2) is 53.1 Å². The van der Waals surface area contributed by atoms with Gasteiger partial charge in [-0.1, -0.05) is 24.3 Å². The maximum Gasteiger partial charge on any atom is 0.134 e. The minimum atomic E-state index is -0.691. The molecule has 0 aliphatic carbocycles. The summed E-state index contributed by atoms with van der Waals surface area (Å²) in [6.45, 7) is 0. The number of para-hydroxylation sites is 1. The van der Waals surface area contributed by atoms with Gasteiger partial charge in [0, 0.05) is 22.6 Å². The predicted molar refractivity (Wildman–Crippen MR) is 68.6 cm³/mol. The quantitative estimate of drug-likeness (QED) is 0.761. The Morgan fingerprint density at radius 1 is 1.00 bits per heavy atom. The maximum atomic E-state index is 13.7. The Hall–Kier alpha value is -2.20. The molecule has 1 aromatic heterocycles. The number of fused-ring (bicyclic) bond motifs is 1. The zero-order valence-electron chi connectivity index (χ0n) is 9.94. The molecule has 1 heterocycles. The van der Waals surface area contributed by atoms with E-state index in [1.165, 1.54) is 18.4 Å². The average molecular weight is 259 g/mol. The maximum absolute atomic E-state index is 13.7. The molecular weight excluding hydrogens is 248 g/mol. The van der Waals surface area contributed by atoms with E-state index < -0.39 is 17.7 Å². The predicted octanol–water partition coefficient (Wildman–Crippen LogP) is 3.76. The molecule has 0 radical (unpaired) electrons. The molecule has 3 aromatic rings. The van der Waals surface area contributed by atoms with Crippen molar-refractivity contribution in [1.82, 2.24) is 0 Å². The van der Waals surface area contributed by atoms with Gasteiger partial charge in [0.1, 0.15) is 17.2 Å². The summed E-state index contributed by atoms with van der Waals surface area (Å²) < 4.78 is 32.0. The van der Waals surface area contributed by atoms with Crippen LogP contribution in [0.5, 0.6) is 0 Å². The van der Waals surface area contributed by atoms with Crippen molar-refractivity contribution in [2.24, 2.45) is 5.73 Å². The van der Waals surface area contributed by atoms with Gasteiger partial charge in [0.05, 0.1) is 12.3 Å². The van der Waals surface area contributed by atoms with Crippen molar-refractivity contribution in [3.05, 3.63) is 71.5 Å². The molecule has 2 nitrogen and oxygen atoms in total. The Bertz CT molecular complexity index is 736. The van der Waals surface area contributed by atoms with Crippen LogP contribution in [0.4, 0.5) is 8.78 Å². The van der Waals surface area contributed by atoms with E-state index in [4.69, 9.17) is 10.2 Å². The summed E-state index contributed by atoms with van der Waals surface area (Å²) in [5.74, 6) is -1.27. The van der Waals surface area contributed by atoms with Crippen molar-refractivity contribution in [2.75, 3.05) is 0 Å². The molecule has 0 amide bonds. The van der Waals surface area contributed by atoms with E-state index in [0.29, 0.717) is 11.1 Å². The number of hydrogen-bond donors (Lipinski definition) is 1. The number of benzene rings is 2. The molecule has 0 saturated carbocycles. The highest BCUT2D eigenvalue weighted by molar-refractivity contribution is 5.81. The molecule has 1 atom stereocenters. The van der Waals surface area contributed by atoms with Crippen molar-refractivity contribution >= 4 is 11.0 Å². The van der Waals surface area contributed by atoms with Gasteiger partial charge in [-0.15, -0.1) is 0 Å². The first-order chi connectivity index (χ1) is 9.16. The van der Waals surface area contributed by atoms with Gasteiger partial charge >= 0.3 is 0 Å². The van der Waals surface area contributed by atoms with Gasteiger partial charge in [0.15, 0.2) is 0 Å². The Kier molecular flexibility index (Phi) is 2.80. The van der Waals surface area contributed by atoms with E-state index in [0.717, 1.165) is 11.5 Å². The summed E-state index contributed by atoms with van der Waals surface area (Å²) in [7, 11) is 0. The van der Waals surface area contributed by atoms with Gasteiger partial charge in [0.2, 0.25) is 0 Å². The zero-order valence-corrected chi connectivity index (χ0v) is 9.94. The lowest BCUT2D eigenvalue weighted by Gasteiger charge is -2.11. The van der Waals surface area contributed by atoms with Crippen LogP contribution >= 0.6 is 0 Å². The fourth-order valence-corrected chi connectivity index (χ4v) is 2.16. The number of halogens is 2. The highest BCUT2D eigenvalue weighted by Crippen LogP contribution is 2.30. The van der Waals surface area contributed by atoms with E-state index in [1.54, 1.807) is 0 Å². The SMILES string of the molecule is NC(c1ccc(F)cc1F)c1coc2ccccc12. The Morgan fingerprint density at radius 2 is 1.79 bits per heavy atom. The van der Waals surface area contributed by atoms with Crippen molar-refractivity contribution in [3.63, 3.8) is 0 Å². The second-order valence-electron chi connectivity index (χ2n) is 4.33. The van der Waals surface area contributed by atoms with Crippen LogP contribution in [0, 0.1) is 11.6 Å².